The average molecular weight is 498 g/mol. The van der Waals surface area contributed by atoms with Crippen LogP contribution in [-0.4, -0.2) is 60.6 Å². The second kappa shape index (κ2) is 9.41. The molecule has 0 aromatic rings. The standard InChI is InChI=1S/C8F14O3.C4H8O2/c9-3(10,5(13,14)7(17,18)19)1(23)25-2(24)4(11,12)6(15,16)8(20,21)22;1-3-6-4(2)5/h;3H2,1-2H3. The Morgan fingerprint density at radius 2 is 0.871 bits per heavy atom. The molecule has 0 N–H and O–H groups in total. The Balaban J connectivity index is 0. The second-order valence-electron chi connectivity index (χ2n) is 4.89. The lowest BCUT2D eigenvalue weighted by Crippen LogP contribution is -2.60. The summed E-state index contributed by atoms with van der Waals surface area (Å²) in [5.41, 5.74) is 0. The van der Waals surface area contributed by atoms with Crippen molar-refractivity contribution in [2.45, 2.75) is 49.9 Å². The van der Waals surface area contributed by atoms with Crippen LogP contribution in [0.5, 0.6) is 0 Å². The molecule has 31 heavy (non-hydrogen) atoms. The lowest BCUT2D eigenvalue weighted by Gasteiger charge is -2.28. The number of carbonyl (C=O) groups excluding carboxylic acids is 3. The normalized spacial score (nSPS) is 13.7. The Labute approximate surface area is 161 Å². The summed E-state index contributed by atoms with van der Waals surface area (Å²) in [4.78, 5) is 30.5. The highest BCUT2D eigenvalue weighted by Gasteiger charge is 2.80. The molecule has 0 saturated heterocycles. The van der Waals surface area contributed by atoms with Crippen LogP contribution in [0.15, 0.2) is 0 Å². The molecule has 0 spiro atoms. The van der Waals surface area contributed by atoms with Crippen molar-refractivity contribution in [1.29, 1.82) is 0 Å². The van der Waals surface area contributed by atoms with Crippen molar-refractivity contribution in [3.05, 3.63) is 0 Å². The first-order valence-electron chi connectivity index (χ1n) is 6.87. The van der Waals surface area contributed by atoms with Gasteiger partial charge in [-0.25, -0.2) is 9.59 Å². The van der Waals surface area contributed by atoms with Crippen LogP contribution in [0.4, 0.5) is 61.5 Å². The Hall–Kier alpha value is -2.37. The third kappa shape index (κ3) is 6.55. The first kappa shape index (κ1) is 30.8. The molecule has 0 fully saturated rings. The van der Waals surface area contributed by atoms with Crippen LogP contribution in [0.1, 0.15) is 13.8 Å². The third-order valence-electron chi connectivity index (χ3n) is 2.55. The number of rotatable bonds is 5. The summed E-state index contributed by atoms with van der Waals surface area (Å²) in [5.74, 6) is -38.0. The highest BCUT2D eigenvalue weighted by atomic mass is 19.4. The lowest BCUT2D eigenvalue weighted by atomic mass is 10.1. The predicted octanol–water partition coefficient (Wildman–Crippen LogP) is 4.29. The number of alkyl halides is 14. The molecule has 0 unspecified atom stereocenters. The SMILES string of the molecule is CCOC(C)=O.O=C(OC(=O)C(F)(F)C(F)(F)C(F)(F)F)C(F)(F)C(F)(F)C(F)(F)F. The van der Waals surface area contributed by atoms with Gasteiger partial charge in [-0.1, -0.05) is 0 Å². The fourth-order valence-electron chi connectivity index (χ4n) is 1.03. The minimum Gasteiger partial charge on any atom is -0.466 e. The van der Waals surface area contributed by atoms with E-state index in [1.807, 2.05) is 4.74 Å². The van der Waals surface area contributed by atoms with Crippen molar-refractivity contribution in [3.63, 3.8) is 0 Å². The first-order valence-corrected chi connectivity index (χ1v) is 6.87. The third-order valence-corrected chi connectivity index (χ3v) is 2.55. The van der Waals surface area contributed by atoms with Crippen LogP contribution >= 0.6 is 0 Å². The maximum absolute atomic E-state index is 12.6. The maximum atomic E-state index is 12.6. The molecule has 0 heterocycles. The molecule has 0 aromatic carbocycles. The van der Waals surface area contributed by atoms with Crippen molar-refractivity contribution in [2.75, 3.05) is 6.61 Å². The molecule has 0 amide bonds. The van der Waals surface area contributed by atoms with Crippen molar-refractivity contribution < 1.29 is 85.3 Å². The number of halogens is 14. The Bertz CT molecular complexity index is 616. The van der Waals surface area contributed by atoms with Gasteiger partial charge in [0, 0.05) is 6.92 Å². The molecule has 0 radical (unpaired) electrons. The zero-order chi connectivity index (χ0) is 25.9. The van der Waals surface area contributed by atoms with Crippen molar-refractivity contribution in [2.24, 2.45) is 0 Å². The molecule has 0 aliphatic rings. The average Bonchev–Trinajstić information content (AvgIpc) is 2.52. The van der Waals surface area contributed by atoms with Gasteiger partial charge in [0.15, 0.2) is 0 Å². The van der Waals surface area contributed by atoms with Gasteiger partial charge in [-0.05, 0) is 6.92 Å². The van der Waals surface area contributed by atoms with Crippen LogP contribution in [0.2, 0.25) is 0 Å². The van der Waals surface area contributed by atoms with Crippen LogP contribution in [-0.2, 0) is 23.9 Å². The summed E-state index contributed by atoms with van der Waals surface area (Å²) >= 11 is 0. The van der Waals surface area contributed by atoms with E-state index in [4.69, 9.17) is 0 Å². The highest BCUT2D eigenvalue weighted by Crippen LogP contribution is 2.49. The van der Waals surface area contributed by atoms with Crippen LogP contribution in [0, 0.1) is 0 Å². The molecule has 0 aliphatic carbocycles. The summed E-state index contributed by atoms with van der Waals surface area (Å²) in [5, 5.41) is 0. The van der Waals surface area contributed by atoms with Gasteiger partial charge in [-0.2, -0.15) is 61.5 Å². The van der Waals surface area contributed by atoms with E-state index in [9.17, 15) is 75.8 Å². The Morgan fingerprint density at radius 3 is 1.00 bits per heavy atom. The molecular weight excluding hydrogens is 490 g/mol. The van der Waals surface area contributed by atoms with Gasteiger partial charge in [0.2, 0.25) is 0 Å². The Kier molecular flexibility index (Phi) is 9.36. The van der Waals surface area contributed by atoms with Gasteiger partial charge < -0.3 is 9.47 Å². The zero-order valence-electron chi connectivity index (χ0n) is 14.5. The fourth-order valence-corrected chi connectivity index (χ4v) is 1.03. The van der Waals surface area contributed by atoms with Crippen LogP contribution in [0.25, 0.3) is 0 Å². The predicted molar refractivity (Wildman–Crippen MR) is 65.3 cm³/mol. The summed E-state index contributed by atoms with van der Waals surface area (Å²) in [6.07, 6.45) is -14.4. The van der Waals surface area contributed by atoms with Crippen LogP contribution in [0.3, 0.4) is 0 Å². The van der Waals surface area contributed by atoms with E-state index < -0.39 is 48.0 Å². The smallest absolute Gasteiger partial charge is 0.460 e. The van der Waals surface area contributed by atoms with Crippen LogP contribution < -0.4 is 0 Å². The van der Waals surface area contributed by atoms with Gasteiger partial charge in [-0.15, -0.1) is 0 Å². The quantitative estimate of drug-likeness (QED) is 0.322. The first-order chi connectivity index (χ1) is 13.3. The van der Waals surface area contributed by atoms with Crippen molar-refractivity contribution >= 4 is 17.9 Å². The Morgan fingerprint density at radius 1 is 0.613 bits per heavy atom. The van der Waals surface area contributed by atoms with Crippen molar-refractivity contribution in [3.8, 4) is 0 Å². The monoisotopic (exact) mass is 498 g/mol. The lowest BCUT2D eigenvalue weighted by molar-refractivity contribution is -0.354. The highest BCUT2D eigenvalue weighted by molar-refractivity contribution is 5.93. The van der Waals surface area contributed by atoms with E-state index >= 15 is 0 Å². The minimum atomic E-state index is -7.33. The number of carbonyl (C=O) groups is 3. The number of hydrogen-bond donors (Lipinski definition) is 0. The van der Waals surface area contributed by atoms with E-state index in [2.05, 4.69) is 4.74 Å². The minimum absolute atomic E-state index is 0.211. The van der Waals surface area contributed by atoms with Crippen molar-refractivity contribution in [1.82, 2.24) is 0 Å². The summed E-state index contributed by atoms with van der Waals surface area (Å²) in [7, 11) is 0. The van der Waals surface area contributed by atoms with E-state index in [0.29, 0.717) is 6.61 Å². The molecule has 0 aliphatic heterocycles. The molecule has 5 nitrogen and oxygen atoms in total. The molecule has 0 bridgehead atoms. The summed E-state index contributed by atoms with van der Waals surface area (Å²) in [6, 6.07) is 0. The van der Waals surface area contributed by atoms with E-state index in [-0.39, 0.29) is 5.97 Å². The number of ether oxygens (including phenoxy) is 2. The molecule has 0 atom stereocenters. The van der Waals surface area contributed by atoms with E-state index in [0.717, 1.165) is 0 Å². The molecule has 0 aromatic heterocycles. The molecule has 184 valence electrons. The fraction of sp³-hybridized carbons (Fsp3) is 0.750. The zero-order valence-corrected chi connectivity index (χ0v) is 14.5. The molecule has 0 rings (SSSR count). The largest absolute Gasteiger partial charge is 0.466 e. The number of esters is 3. The summed E-state index contributed by atoms with van der Waals surface area (Å²) in [6.45, 7) is 3.65. The van der Waals surface area contributed by atoms with Gasteiger partial charge in [0.25, 0.3) is 0 Å². The van der Waals surface area contributed by atoms with E-state index in [1.165, 1.54) is 6.92 Å². The van der Waals surface area contributed by atoms with Gasteiger partial charge in [0.05, 0.1) is 6.61 Å². The topological polar surface area (TPSA) is 69.7 Å². The van der Waals surface area contributed by atoms with Gasteiger partial charge in [-0.3, -0.25) is 4.79 Å². The maximum Gasteiger partial charge on any atom is 0.460 e. The molecule has 0 saturated carbocycles. The van der Waals surface area contributed by atoms with Gasteiger partial charge in [0.1, 0.15) is 0 Å². The van der Waals surface area contributed by atoms with E-state index in [1.54, 1.807) is 6.92 Å². The molecule has 19 heteroatoms. The van der Waals surface area contributed by atoms with Gasteiger partial charge >= 0.3 is 54.0 Å². The summed E-state index contributed by atoms with van der Waals surface area (Å²) < 4.78 is 176. The number of hydrogen-bond acceptors (Lipinski definition) is 5. The second-order valence-corrected chi connectivity index (χ2v) is 4.89. The molecular formula is C12H8F14O5.